The fourth-order valence-electron chi connectivity index (χ4n) is 2.08. The number of benzene rings is 2. The van der Waals surface area contributed by atoms with Gasteiger partial charge in [-0.15, -0.1) is 0 Å². The number of halogens is 1. The van der Waals surface area contributed by atoms with Crippen LogP contribution in [0.5, 0.6) is 0 Å². The topological polar surface area (TPSA) is 63.3 Å². The highest BCUT2D eigenvalue weighted by molar-refractivity contribution is 6.30. The summed E-state index contributed by atoms with van der Waals surface area (Å²) in [5.74, 6) is -1.01. The van der Waals surface area contributed by atoms with Gasteiger partial charge in [0, 0.05) is 5.02 Å². The Bertz CT molecular complexity index is 598. The van der Waals surface area contributed by atoms with Crippen LogP contribution in [-0.2, 0) is 11.4 Å². The Morgan fingerprint density at radius 2 is 1.79 bits per heavy atom. The minimum absolute atomic E-state index is 0.0745. The Morgan fingerprint density at radius 1 is 1.16 bits per heavy atom. The average molecular weight is 276 g/mol. The van der Waals surface area contributed by atoms with Crippen LogP contribution >= 0.6 is 11.6 Å². The van der Waals surface area contributed by atoms with Crippen LogP contribution in [0, 0.1) is 0 Å². The zero-order valence-electron chi connectivity index (χ0n) is 10.2. The summed E-state index contributed by atoms with van der Waals surface area (Å²) in [7, 11) is 0. The SMILES string of the molecule is NC(=O)C(c1cccc(Cl)c1)c1cccc(CO)c1. The van der Waals surface area contributed by atoms with Crippen molar-refractivity contribution in [2.45, 2.75) is 12.5 Å². The van der Waals surface area contributed by atoms with Crippen molar-refractivity contribution in [2.75, 3.05) is 0 Å². The van der Waals surface area contributed by atoms with Gasteiger partial charge in [-0.1, -0.05) is 48.0 Å². The van der Waals surface area contributed by atoms with Crippen LogP contribution in [0.3, 0.4) is 0 Å². The predicted molar refractivity (Wildman–Crippen MR) is 74.9 cm³/mol. The molecule has 19 heavy (non-hydrogen) atoms. The molecule has 0 aliphatic carbocycles. The molecule has 0 aliphatic rings. The fourth-order valence-corrected chi connectivity index (χ4v) is 2.28. The molecule has 0 saturated heterocycles. The summed E-state index contributed by atoms with van der Waals surface area (Å²) in [6, 6.07) is 14.2. The Morgan fingerprint density at radius 3 is 2.37 bits per heavy atom. The average Bonchev–Trinajstić information content (AvgIpc) is 2.39. The first kappa shape index (κ1) is 13.6. The summed E-state index contributed by atoms with van der Waals surface area (Å²) >= 11 is 5.95. The van der Waals surface area contributed by atoms with E-state index in [4.69, 9.17) is 22.4 Å². The van der Waals surface area contributed by atoms with Crippen LogP contribution in [0.15, 0.2) is 48.5 Å². The molecule has 0 radical (unpaired) electrons. The van der Waals surface area contributed by atoms with E-state index in [1.54, 1.807) is 36.4 Å². The molecule has 0 aromatic heterocycles. The highest BCUT2D eigenvalue weighted by Gasteiger charge is 2.20. The van der Waals surface area contributed by atoms with E-state index in [0.717, 1.165) is 16.7 Å². The number of carbonyl (C=O) groups is 1. The van der Waals surface area contributed by atoms with Crippen molar-refractivity contribution in [2.24, 2.45) is 5.73 Å². The molecule has 0 aliphatic heterocycles. The van der Waals surface area contributed by atoms with Gasteiger partial charge in [0.15, 0.2) is 0 Å². The molecule has 0 heterocycles. The first-order valence-corrected chi connectivity index (χ1v) is 6.24. The Hall–Kier alpha value is -1.84. The Balaban J connectivity index is 2.48. The van der Waals surface area contributed by atoms with E-state index in [0.29, 0.717) is 5.02 Å². The van der Waals surface area contributed by atoms with E-state index in [9.17, 15) is 4.79 Å². The molecule has 0 fully saturated rings. The van der Waals surface area contributed by atoms with Crippen molar-refractivity contribution < 1.29 is 9.90 Å². The number of primary amides is 1. The van der Waals surface area contributed by atoms with Gasteiger partial charge in [-0.25, -0.2) is 0 Å². The maximum atomic E-state index is 11.7. The lowest BCUT2D eigenvalue weighted by molar-refractivity contribution is -0.118. The third kappa shape index (κ3) is 3.13. The summed E-state index contributed by atoms with van der Waals surface area (Å²) in [5.41, 5.74) is 7.74. The normalized spacial score (nSPS) is 12.1. The van der Waals surface area contributed by atoms with Crippen molar-refractivity contribution in [1.29, 1.82) is 0 Å². The van der Waals surface area contributed by atoms with Gasteiger partial charge in [0.05, 0.1) is 12.5 Å². The molecule has 1 atom stereocenters. The monoisotopic (exact) mass is 275 g/mol. The van der Waals surface area contributed by atoms with Crippen molar-refractivity contribution in [3.05, 3.63) is 70.2 Å². The summed E-state index contributed by atoms with van der Waals surface area (Å²) in [5, 5.41) is 9.72. The lowest BCUT2D eigenvalue weighted by Crippen LogP contribution is -2.22. The van der Waals surface area contributed by atoms with E-state index >= 15 is 0 Å². The molecule has 3 nitrogen and oxygen atoms in total. The van der Waals surface area contributed by atoms with E-state index in [1.807, 2.05) is 12.1 Å². The van der Waals surface area contributed by atoms with E-state index in [2.05, 4.69) is 0 Å². The summed E-state index contributed by atoms with van der Waals surface area (Å²) in [6.45, 7) is -0.0745. The molecular formula is C15H14ClNO2. The zero-order valence-corrected chi connectivity index (χ0v) is 11.0. The first-order valence-electron chi connectivity index (χ1n) is 5.86. The third-order valence-corrected chi connectivity index (χ3v) is 3.17. The van der Waals surface area contributed by atoms with Gasteiger partial charge in [-0.3, -0.25) is 4.79 Å². The number of aliphatic hydroxyl groups excluding tert-OH is 1. The van der Waals surface area contributed by atoms with Crippen molar-refractivity contribution in [3.8, 4) is 0 Å². The lowest BCUT2D eigenvalue weighted by atomic mass is 9.90. The second-order valence-corrected chi connectivity index (χ2v) is 4.73. The Labute approximate surface area is 116 Å². The molecule has 1 amide bonds. The van der Waals surface area contributed by atoms with Crippen LogP contribution in [0.4, 0.5) is 0 Å². The molecule has 4 heteroatoms. The number of hydrogen-bond donors (Lipinski definition) is 2. The molecular weight excluding hydrogens is 262 g/mol. The molecule has 2 aromatic carbocycles. The summed E-state index contributed by atoms with van der Waals surface area (Å²) in [4.78, 5) is 11.7. The first-order chi connectivity index (χ1) is 9.11. The van der Waals surface area contributed by atoms with Crippen LogP contribution in [0.2, 0.25) is 5.02 Å². The molecule has 1 unspecified atom stereocenters. The molecule has 98 valence electrons. The van der Waals surface area contributed by atoms with Crippen molar-refractivity contribution in [3.63, 3.8) is 0 Å². The third-order valence-electron chi connectivity index (χ3n) is 2.93. The minimum Gasteiger partial charge on any atom is -0.392 e. The largest absolute Gasteiger partial charge is 0.392 e. The molecule has 2 aromatic rings. The predicted octanol–water partition coefficient (Wildman–Crippen LogP) is 2.45. The minimum atomic E-state index is -0.565. The van der Waals surface area contributed by atoms with Crippen molar-refractivity contribution in [1.82, 2.24) is 0 Å². The second kappa shape index (κ2) is 5.87. The highest BCUT2D eigenvalue weighted by Crippen LogP contribution is 2.27. The molecule has 3 N–H and O–H groups in total. The number of carbonyl (C=O) groups excluding carboxylic acids is 1. The van der Waals surface area contributed by atoms with E-state index < -0.39 is 11.8 Å². The van der Waals surface area contributed by atoms with Gasteiger partial charge < -0.3 is 10.8 Å². The van der Waals surface area contributed by atoms with Gasteiger partial charge in [-0.2, -0.15) is 0 Å². The molecule has 0 bridgehead atoms. The fraction of sp³-hybridized carbons (Fsp3) is 0.133. The van der Waals surface area contributed by atoms with Crippen LogP contribution in [0.1, 0.15) is 22.6 Å². The van der Waals surface area contributed by atoms with E-state index in [1.165, 1.54) is 0 Å². The summed E-state index contributed by atoms with van der Waals surface area (Å²) < 4.78 is 0. The van der Waals surface area contributed by atoms with Crippen LogP contribution < -0.4 is 5.73 Å². The zero-order chi connectivity index (χ0) is 13.8. The maximum absolute atomic E-state index is 11.7. The van der Waals surface area contributed by atoms with Gasteiger partial charge >= 0.3 is 0 Å². The molecule has 0 saturated carbocycles. The smallest absolute Gasteiger partial charge is 0.229 e. The standard InChI is InChI=1S/C15H14ClNO2/c16-13-6-2-5-12(8-13)14(15(17)19)11-4-1-3-10(7-11)9-18/h1-8,14,18H,9H2,(H2,17,19). The molecule has 0 spiro atoms. The number of nitrogens with two attached hydrogens (primary N) is 1. The van der Waals surface area contributed by atoms with Crippen LogP contribution in [-0.4, -0.2) is 11.0 Å². The summed E-state index contributed by atoms with van der Waals surface area (Å²) in [6.07, 6.45) is 0. The van der Waals surface area contributed by atoms with Gasteiger partial charge in [-0.05, 0) is 28.8 Å². The van der Waals surface area contributed by atoms with Gasteiger partial charge in [0.2, 0.25) is 5.91 Å². The van der Waals surface area contributed by atoms with Gasteiger partial charge in [0.1, 0.15) is 0 Å². The lowest BCUT2D eigenvalue weighted by Gasteiger charge is -2.15. The molecule has 2 rings (SSSR count). The van der Waals surface area contributed by atoms with Crippen molar-refractivity contribution >= 4 is 17.5 Å². The number of aliphatic hydroxyl groups is 1. The van der Waals surface area contributed by atoms with Gasteiger partial charge in [0.25, 0.3) is 0 Å². The van der Waals surface area contributed by atoms with E-state index in [-0.39, 0.29) is 6.61 Å². The quantitative estimate of drug-likeness (QED) is 0.900. The Kier molecular flexibility index (Phi) is 4.20. The number of amides is 1. The second-order valence-electron chi connectivity index (χ2n) is 4.29. The number of rotatable bonds is 4. The highest BCUT2D eigenvalue weighted by atomic mass is 35.5. The number of hydrogen-bond acceptors (Lipinski definition) is 2. The van der Waals surface area contributed by atoms with Crippen LogP contribution in [0.25, 0.3) is 0 Å². The maximum Gasteiger partial charge on any atom is 0.229 e.